The number of aromatic nitrogens is 2. The molecule has 1 atom stereocenters. The SMILES string of the molecule is CCCn1ncc(OC)c1C(N)c1csc(Br)c1. The minimum atomic E-state index is -0.212. The molecule has 0 saturated carbocycles. The van der Waals surface area contributed by atoms with Crippen molar-refractivity contribution in [2.75, 3.05) is 7.11 Å². The monoisotopic (exact) mass is 329 g/mol. The van der Waals surface area contributed by atoms with Crippen molar-refractivity contribution in [2.24, 2.45) is 5.73 Å². The highest BCUT2D eigenvalue weighted by Crippen LogP contribution is 2.32. The first kappa shape index (κ1) is 13.6. The molecule has 2 aromatic heterocycles. The summed E-state index contributed by atoms with van der Waals surface area (Å²) in [6.07, 6.45) is 2.74. The molecule has 0 spiro atoms. The predicted octanol–water partition coefficient (Wildman–Crippen LogP) is 3.17. The highest BCUT2D eigenvalue weighted by atomic mass is 79.9. The number of hydrogen-bond donors (Lipinski definition) is 1. The second-order valence-corrected chi connectivity index (χ2v) is 6.27. The molecule has 1 unspecified atom stereocenters. The molecule has 2 rings (SSSR count). The second kappa shape index (κ2) is 5.86. The lowest BCUT2D eigenvalue weighted by Gasteiger charge is -2.14. The molecular formula is C12H16BrN3OS. The van der Waals surface area contributed by atoms with Crippen molar-refractivity contribution in [3.05, 3.63) is 32.7 Å². The van der Waals surface area contributed by atoms with Gasteiger partial charge in [-0.05, 0) is 39.4 Å². The Labute approximate surface area is 119 Å². The van der Waals surface area contributed by atoms with E-state index < -0.39 is 0 Å². The average Bonchev–Trinajstić information content (AvgIpc) is 2.95. The lowest BCUT2D eigenvalue weighted by molar-refractivity contribution is 0.404. The van der Waals surface area contributed by atoms with Crippen LogP contribution in [0.1, 0.15) is 30.6 Å². The maximum Gasteiger partial charge on any atom is 0.161 e. The molecule has 0 radical (unpaired) electrons. The Morgan fingerprint density at radius 1 is 1.61 bits per heavy atom. The van der Waals surface area contributed by atoms with Gasteiger partial charge in [0, 0.05) is 6.54 Å². The first-order valence-electron chi connectivity index (χ1n) is 5.76. The molecule has 2 aromatic rings. The smallest absolute Gasteiger partial charge is 0.161 e. The van der Waals surface area contributed by atoms with Crippen LogP contribution in [0, 0.1) is 0 Å². The van der Waals surface area contributed by atoms with E-state index in [1.807, 2.05) is 10.7 Å². The number of ether oxygens (including phenoxy) is 1. The van der Waals surface area contributed by atoms with Gasteiger partial charge >= 0.3 is 0 Å². The van der Waals surface area contributed by atoms with Crippen molar-refractivity contribution in [1.82, 2.24) is 9.78 Å². The fraction of sp³-hybridized carbons (Fsp3) is 0.417. The third-order valence-electron chi connectivity index (χ3n) is 2.74. The molecule has 4 nitrogen and oxygen atoms in total. The Bertz CT molecular complexity index is 523. The van der Waals surface area contributed by atoms with Gasteiger partial charge in [-0.15, -0.1) is 11.3 Å². The molecule has 6 heteroatoms. The van der Waals surface area contributed by atoms with Gasteiger partial charge in [0.2, 0.25) is 0 Å². The van der Waals surface area contributed by atoms with Gasteiger partial charge in [0.05, 0.1) is 23.1 Å². The number of rotatable bonds is 5. The molecule has 98 valence electrons. The van der Waals surface area contributed by atoms with Crippen LogP contribution in [0.25, 0.3) is 0 Å². The van der Waals surface area contributed by atoms with Gasteiger partial charge < -0.3 is 10.5 Å². The molecule has 0 amide bonds. The summed E-state index contributed by atoms with van der Waals surface area (Å²) in [5, 5.41) is 6.39. The van der Waals surface area contributed by atoms with E-state index >= 15 is 0 Å². The molecule has 0 aliphatic rings. The van der Waals surface area contributed by atoms with E-state index in [0.717, 1.165) is 33.8 Å². The normalized spacial score (nSPS) is 12.7. The summed E-state index contributed by atoms with van der Waals surface area (Å²) in [4.78, 5) is 0. The maximum absolute atomic E-state index is 6.33. The Balaban J connectivity index is 2.38. The highest BCUT2D eigenvalue weighted by molar-refractivity contribution is 9.11. The summed E-state index contributed by atoms with van der Waals surface area (Å²) in [5.74, 6) is 0.748. The topological polar surface area (TPSA) is 53.1 Å². The van der Waals surface area contributed by atoms with Crippen LogP contribution in [0.5, 0.6) is 5.75 Å². The summed E-state index contributed by atoms with van der Waals surface area (Å²) in [5.41, 5.74) is 8.33. The summed E-state index contributed by atoms with van der Waals surface area (Å²) < 4.78 is 8.35. The van der Waals surface area contributed by atoms with Crippen molar-refractivity contribution < 1.29 is 4.74 Å². The fourth-order valence-corrected chi connectivity index (χ4v) is 3.10. The molecular weight excluding hydrogens is 314 g/mol. The molecule has 0 saturated heterocycles. The molecule has 0 aliphatic heterocycles. The zero-order valence-corrected chi connectivity index (χ0v) is 12.8. The van der Waals surface area contributed by atoms with E-state index in [-0.39, 0.29) is 6.04 Å². The largest absolute Gasteiger partial charge is 0.493 e. The van der Waals surface area contributed by atoms with Gasteiger partial charge in [0.1, 0.15) is 5.69 Å². The molecule has 0 aromatic carbocycles. The Hall–Kier alpha value is -0.850. The lowest BCUT2D eigenvalue weighted by Crippen LogP contribution is -2.17. The van der Waals surface area contributed by atoms with Gasteiger partial charge in [-0.3, -0.25) is 4.68 Å². The van der Waals surface area contributed by atoms with Crippen molar-refractivity contribution in [3.8, 4) is 5.75 Å². The minimum Gasteiger partial charge on any atom is -0.493 e. The van der Waals surface area contributed by atoms with Crippen LogP contribution < -0.4 is 10.5 Å². The van der Waals surface area contributed by atoms with Crippen LogP contribution in [0.3, 0.4) is 0 Å². The van der Waals surface area contributed by atoms with Gasteiger partial charge in [0.25, 0.3) is 0 Å². The van der Waals surface area contributed by atoms with E-state index in [4.69, 9.17) is 10.5 Å². The van der Waals surface area contributed by atoms with Crippen LogP contribution >= 0.6 is 27.3 Å². The van der Waals surface area contributed by atoms with Crippen LogP contribution in [0.2, 0.25) is 0 Å². The fourth-order valence-electron chi connectivity index (χ4n) is 1.88. The molecule has 2 N–H and O–H groups in total. The molecule has 2 heterocycles. The van der Waals surface area contributed by atoms with Crippen molar-refractivity contribution in [1.29, 1.82) is 0 Å². The first-order chi connectivity index (χ1) is 8.67. The van der Waals surface area contributed by atoms with Crippen LogP contribution in [0.4, 0.5) is 0 Å². The number of nitrogens with zero attached hydrogens (tertiary/aromatic N) is 2. The zero-order valence-electron chi connectivity index (χ0n) is 10.4. The van der Waals surface area contributed by atoms with Crippen LogP contribution in [-0.4, -0.2) is 16.9 Å². The van der Waals surface area contributed by atoms with E-state index in [0.29, 0.717) is 0 Å². The lowest BCUT2D eigenvalue weighted by atomic mass is 10.1. The third-order valence-corrected chi connectivity index (χ3v) is 4.26. The van der Waals surface area contributed by atoms with E-state index in [1.165, 1.54) is 0 Å². The van der Waals surface area contributed by atoms with Crippen LogP contribution in [0.15, 0.2) is 21.4 Å². The van der Waals surface area contributed by atoms with Crippen molar-refractivity contribution >= 4 is 27.3 Å². The summed E-state index contributed by atoms with van der Waals surface area (Å²) in [6.45, 7) is 2.96. The van der Waals surface area contributed by atoms with E-state index in [9.17, 15) is 0 Å². The summed E-state index contributed by atoms with van der Waals surface area (Å²) >= 11 is 5.09. The minimum absolute atomic E-state index is 0.212. The Morgan fingerprint density at radius 3 is 2.94 bits per heavy atom. The summed E-state index contributed by atoms with van der Waals surface area (Å²) in [6, 6.07) is 1.83. The zero-order chi connectivity index (χ0) is 13.1. The van der Waals surface area contributed by atoms with Crippen molar-refractivity contribution in [3.63, 3.8) is 0 Å². The second-order valence-electron chi connectivity index (χ2n) is 3.98. The van der Waals surface area contributed by atoms with Gasteiger partial charge in [-0.25, -0.2) is 0 Å². The third kappa shape index (κ3) is 2.60. The number of aryl methyl sites for hydroxylation is 1. The van der Waals surface area contributed by atoms with Gasteiger partial charge in [-0.2, -0.15) is 5.10 Å². The maximum atomic E-state index is 6.33. The highest BCUT2D eigenvalue weighted by Gasteiger charge is 2.20. The summed E-state index contributed by atoms with van der Waals surface area (Å²) in [7, 11) is 1.65. The number of methoxy groups -OCH3 is 1. The van der Waals surface area contributed by atoms with Crippen molar-refractivity contribution in [2.45, 2.75) is 25.9 Å². The first-order valence-corrected chi connectivity index (χ1v) is 7.43. The van der Waals surface area contributed by atoms with Gasteiger partial charge in [0.15, 0.2) is 5.75 Å². The quantitative estimate of drug-likeness (QED) is 0.916. The van der Waals surface area contributed by atoms with Gasteiger partial charge in [-0.1, -0.05) is 6.92 Å². The number of nitrogens with two attached hydrogens (primary N) is 1. The molecule has 0 bridgehead atoms. The number of halogens is 1. The molecule has 0 fully saturated rings. The molecule has 0 aliphatic carbocycles. The van der Waals surface area contributed by atoms with Crippen LogP contribution in [-0.2, 0) is 6.54 Å². The number of hydrogen-bond acceptors (Lipinski definition) is 4. The Morgan fingerprint density at radius 2 is 2.39 bits per heavy atom. The number of thiophene rings is 1. The molecule has 18 heavy (non-hydrogen) atoms. The Kier molecular flexibility index (Phi) is 4.42. The van der Waals surface area contributed by atoms with E-state index in [1.54, 1.807) is 24.6 Å². The standard InChI is InChI=1S/C12H16BrN3OS/c1-3-4-16-12(9(17-2)6-15-16)11(14)8-5-10(13)18-7-8/h5-7,11H,3-4,14H2,1-2H3. The average molecular weight is 330 g/mol. The van der Waals surface area contributed by atoms with E-state index in [2.05, 4.69) is 33.3 Å². The predicted molar refractivity (Wildman–Crippen MR) is 77.1 cm³/mol.